The van der Waals surface area contributed by atoms with Crippen molar-refractivity contribution < 1.29 is 0 Å². The van der Waals surface area contributed by atoms with Crippen LogP contribution >= 0.6 is 0 Å². The summed E-state index contributed by atoms with van der Waals surface area (Å²) in [5.74, 6) is 0. The van der Waals surface area contributed by atoms with E-state index in [2.05, 4.69) is 185 Å². The fraction of sp³-hybridized carbons (Fsp3) is 0.102. The molecule has 0 spiro atoms. The highest BCUT2D eigenvalue weighted by atomic mass is 14.1. The molecular weight excluding hydrogens is 589 g/mol. The first-order chi connectivity index (χ1) is 24.0. The SMILES string of the molecule is Cc1ccc(-c2ccc(Cc3cccc4ccccc34)cc2)cc1.Cc1cccc2ccccc12.Cc1ccccc1.Cc1ccccc1. The lowest BCUT2D eigenvalue weighted by molar-refractivity contribution is 1.21. The molecule has 0 radical (unpaired) electrons. The van der Waals surface area contributed by atoms with Gasteiger partial charge in [-0.3, -0.25) is 0 Å². The normalized spacial score (nSPS) is 10.1. The molecule has 8 aromatic rings. The van der Waals surface area contributed by atoms with Crippen LogP contribution in [0.2, 0.25) is 0 Å². The first kappa shape index (κ1) is 34.6. The van der Waals surface area contributed by atoms with E-state index >= 15 is 0 Å². The van der Waals surface area contributed by atoms with E-state index in [9.17, 15) is 0 Å². The molecule has 0 saturated heterocycles. The van der Waals surface area contributed by atoms with Crippen molar-refractivity contribution in [3.05, 3.63) is 228 Å². The maximum atomic E-state index is 2.25. The first-order valence-corrected chi connectivity index (χ1v) is 17.1. The predicted octanol–water partition coefficient (Wildman–Crippen LogP) is 13.5. The quantitative estimate of drug-likeness (QED) is 0.181. The summed E-state index contributed by atoms with van der Waals surface area (Å²) in [6.07, 6.45) is 0.968. The van der Waals surface area contributed by atoms with Gasteiger partial charge >= 0.3 is 0 Å². The van der Waals surface area contributed by atoms with Crippen LogP contribution in [0, 0.1) is 27.7 Å². The van der Waals surface area contributed by atoms with Crippen molar-refractivity contribution in [2.24, 2.45) is 0 Å². The fourth-order valence-electron chi connectivity index (χ4n) is 5.68. The maximum absolute atomic E-state index is 2.25. The van der Waals surface area contributed by atoms with E-state index in [0.717, 1.165) is 6.42 Å². The van der Waals surface area contributed by atoms with Crippen molar-refractivity contribution in [1.82, 2.24) is 0 Å². The summed E-state index contributed by atoms with van der Waals surface area (Å²) in [4.78, 5) is 0. The zero-order valence-corrected chi connectivity index (χ0v) is 29.2. The Bertz CT molecular complexity index is 2090. The standard InChI is InChI=1S/C24H20.C11H10.2C7H8/c1-18-9-13-20(14-10-18)21-15-11-19(12-16-21)17-23-7-4-6-22-5-2-3-8-24(22)23;1-9-5-4-7-10-6-2-3-8-11(9)10;2*1-7-5-3-2-4-6-7/h2-16H,17H2,1H3;2-8H,1H3;2*2-6H,1H3. The highest BCUT2D eigenvalue weighted by molar-refractivity contribution is 5.86. The first-order valence-electron chi connectivity index (χ1n) is 17.1. The Kier molecular flexibility index (Phi) is 12.7. The van der Waals surface area contributed by atoms with E-state index in [-0.39, 0.29) is 0 Å². The van der Waals surface area contributed by atoms with E-state index in [1.54, 1.807) is 0 Å². The molecule has 0 aliphatic carbocycles. The molecule has 242 valence electrons. The fourth-order valence-corrected chi connectivity index (χ4v) is 5.68. The maximum Gasteiger partial charge on any atom is -0.00196 e. The largest absolute Gasteiger partial charge is 0.0622 e. The molecule has 0 heteroatoms. The van der Waals surface area contributed by atoms with E-state index in [4.69, 9.17) is 0 Å². The van der Waals surface area contributed by atoms with Crippen LogP contribution in [-0.2, 0) is 6.42 Å². The van der Waals surface area contributed by atoms with E-state index < -0.39 is 0 Å². The van der Waals surface area contributed by atoms with Crippen molar-refractivity contribution in [2.45, 2.75) is 34.1 Å². The Hall–Kier alpha value is -5.72. The molecule has 0 aliphatic rings. The summed E-state index contributed by atoms with van der Waals surface area (Å²) in [5, 5.41) is 5.34. The molecule has 0 atom stereocenters. The molecule has 8 rings (SSSR count). The molecule has 0 unspecified atom stereocenters. The van der Waals surface area contributed by atoms with Crippen LogP contribution in [0.3, 0.4) is 0 Å². The zero-order valence-electron chi connectivity index (χ0n) is 29.2. The third-order valence-corrected chi connectivity index (χ3v) is 8.50. The van der Waals surface area contributed by atoms with Crippen LogP contribution in [-0.4, -0.2) is 0 Å². The van der Waals surface area contributed by atoms with Gasteiger partial charge in [0.25, 0.3) is 0 Å². The Morgan fingerprint density at radius 3 is 1.22 bits per heavy atom. The minimum atomic E-state index is 0.968. The monoisotopic (exact) mass is 634 g/mol. The summed E-state index contributed by atoms with van der Waals surface area (Å²) in [6.45, 7) is 8.43. The Balaban J connectivity index is 0.000000153. The van der Waals surface area contributed by atoms with Crippen molar-refractivity contribution >= 4 is 21.5 Å². The average molecular weight is 635 g/mol. The van der Waals surface area contributed by atoms with Gasteiger partial charge in [0.05, 0.1) is 0 Å². The Morgan fingerprint density at radius 2 is 0.714 bits per heavy atom. The van der Waals surface area contributed by atoms with E-state index in [1.165, 1.54) is 66.1 Å². The summed E-state index contributed by atoms with van der Waals surface area (Å²) in [6, 6.07) is 68.2. The third-order valence-electron chi connectivity index (χ3n) is 8.50. The lowest BCUT2D eigenvalue weighted by Crippen LogP contribution is -1.90. The number of hydrogen-bond donors (Lipinski definition) is 0. The smallest absolute Gasteiger partial charge is 0.00196 e. The highest BCUT2D eigenvalue weighted by Gasteiger charge is 2.03. The van der Waals surface area contributed by atoms with E-state index in [1.807, 2.05) is 36.4 Å². The van der Waals surface area contributed by atoms with Gasteiger partial charge in [-0.1, -0.05) is 211 Å². The van der Waals surface area contributed by atoms with Crippen LogP contribution in [0.4, 0.5) is 0 Å². The molecule has 0 saturated carbocycles. The van der Waals surface area contributed by atoms with Gasteiger partial charge in [0.15, 0.2) is 0 Å². The molecule has 0 N–H and O–H groups in total. The van der Waals surface area contributed by atoms with Gasteiger partial charge in [-0.05, 0) is 83.5 Å². The molecule has 0 aromatic heterocycles. The molecule has 0 fully saturated rings. The predicted molar refractivity (Wildman–Crippen MR) is 214 cm³/mol. The molecule has 0 heterocycles. The highest BCUT2D eigenvalue weighted by Crippen LogP contribution is 2.24. The van der Waals surface area contributed by atoms with E-state index in [0.29, 0.717) is 0 Å². The molecule has 8 aromatic carbocycles. The van der Waals surface area contributed by atoms with Crippen LogP contribution < -0.4 is 0 Å². The zero-order chi connectivity index (χ0) is 34.3. The van der Waals surface area contributed by atoms with Gasteiger partial charge in [0.2, 0.25) is 0 Å². The lowest BCUT2D eigenvalue weighted by atomic mass is 9.97. The van der Waals surface area contributed by atoms with Crippen LogP contribution in [0.15, 0.2) is 194 Å². The minimum absolute atomic E-state index is 0.968. The van der Waals surface area contributed by atoms with Crippen molar-refractivity contribution in [1.29, 1.82) is 0 Å². The lowest BCUT2D eigenvalue weighted by Gasteiger charge is -2.08. The van der Waals surface area contributed by atoms with Gasteiger partial charge in [0, 0.05) is 0 Å². The molecule has 0 bridgehead atoms. The second kappa shape index (κ2) is 18.0. The Morgan fingerprint density at radius 1 is 0.306 bits per heavy atom. The van der Waals surface area contributed by atoms with Gasteiger partial charge in [-0.15, -0.1) is 0 Å². The van der Waals surface area contributed by atoms with Gasteiger partial charge < -0.3 is 0 Å². The third kappa shape index (κ3) is 10.6. The second-order valence-electron chi connectivity index (χ2n) is 12.5. The minimum Gasteiger partial charge on any atom is -0.0622 e. The van der Waals surface area contributed by atoms with Crippen molar-refractivity contribution in [3.8, 4) is 11.1 Å². The molecule has 0 aliphatic heterocycles. The number of rotatable bonds is 3. The second-order valence-corrected chi connectivity index (χ2v) is 12.5. The van der Waals surface area contributed by atoms with Gasteiger partial charge in [-0.25, -0.2) is 0 Å². The summed E-state index contributed by atoms with van der Waals surface area (Å²) in [7, 11) is 0. The van der Waals surface area contributed by atoms with Gasteiger partial charge in [0.1, 0.15) is 0 Å². The Labute approximate surface area is 293 Å². The van der Waals surface area contributed by atoms with Crippen molar-refractivity contribution in [2.75, 3.05) is 0 Å². The van der Waals surface area contributed by atoms with Crippen molar-refractivity contribution in [3.63, 3.8) is 0 Å². The van der Waals surface area contributed by atoms with Gasteiger partial charge in [-0.2, -0.15) is 0 Å². The number of fused-ring (bicyclic) bond motifs is 2. The average Bonchev–Trinajstić information content (AvgIpc) is 3.14. The topological polar surface area (TPSA) is 0 Å². The van der Waals surface area contributed by atoms with Crippen LogP contribution in [0.5, 0.6) is 0 Å². The molecular formula is C49H46. The number of aryl methyl sites for hydroxylation is 4. The summed E-state index contributed by atoms with van der Waals surface area (Å²) < 4.78 is 0. The summed E-state index contributed by atoms with van der Waals surface area (Å²) in [5.41, 5.74) is 10.6. The van der Waals surface area contributed by atoms with Crippen LogP contribution in [0.1, 0.15) is 33.4 Å². The number of benzene rings is 8. The number of hydrogen-bond acceptors (Lipinski definition) is 0. The van der Waals surface area contributed by atoms with Crippen LogP contribution in [0.25, 0.3) is 32.7 Å². The molecule has 0 nitrogen and oxygen atoms in total. The molecule has 49 heavy (non-hydrogen) atoms. The molecule has 0 amide bonds. The summed E-state index contributed by atoms with van der Waals surface area (Å²) >= 11 is 0.